The molecular formula is C24H27NO. The summed E-state index contributed by atoms with van der Waals surface area (Å²) in [6, 6.07) is 29.4. The Morgan fingerprint density at radius 2 is 1.38 bits per heavy atom. The first-order chi connectivity index (χ1) is 12.9. The predicted octanol–water partition coefficient (Wildman–Crippen LogP) is 5.53. The van der Waals surface area contributed by atoms with Crippen molar-refractivity contribution in [3.63, 3.8) is 0 Å². The molecule has 0 aromatic heterocycles. The van der Waals surface area contributed by atoms with E-state index in [4.69, 9.17) is 10.5 Å². The Morgan fingerprint density at radius 3 is 2.12 bits per heavy atom. The van der Waals surface area contributed by atoms with Crippen molar-refractivity contribution in [1.82, 2.24) is 0 Å². The standard InChI is InChI=1S/C24H27NO/c25-18-10-9-17-23(21-13-5-2-6-14-21)26-24-16-8-7-15-22(24)19-20-11-3-1-4-12-20/h1-8,11-16,23H,9-10,17-19,25H2. The zero-order valence-corrected chi connectivity index (χ0v) is 15.2. The van der Waals surface area contributed by atoms with Gasteiger partial charge in [0.15, 0.2) is 0 Å². The fourth-order valence-corrected chi connectivity index (χ4v) is 3.17. The van der Waals surface area contributed by atoms with E-state index in [1.54, 1.807) is 0 Å². The maximum absolute atomic E-state index is 6.51. The number of ether oxygens (including phenoxy) is 1. The molecule has 26 heavy (non-hydrogen) atoms. The molecule has 0 spiro atoms. The fraction of sp³-hybridized carbons (Fsp3) is 0.250. The number of unbranched alkanes of at least 4 members (excludes halogenated alkanes) is 1. The molecule has 2 N–H and O–H groups in total. The summed E-state index contributed by atoms with van der Waals surface area (Å²) in [6.07, 6.45) is 4.00. The molecule has 0 amide bonds. The molecule has 0 saturated heterocycles. The van der Waals surface area contributed by atoms with Crippen LogP contribution in [-0.2, 0) is 6.42 Å². The summed E-state index contributed by atoms with van der Waals surface area (Å²) in [5.41, 5.74) is 9.41. The van der Waals surface area contributed by atoms with Crippen LogP contribution in [0.2, 0.25) is 0 Å². The average Bonchev–Trinajstić information content (AvgIpc) is 2.70. The van der Waals surface area contributed by atoms with E-state index in [-0.39, 0.29) is 6.10 Å². The Bertz CT molecular complexity index is 770. The highest BCUT2D eigenvalue weighted by Crippen LogP contribution is 2.30. The molecule has 0 aliphatic carbocycles. The number of para-hydroxylation sites is 1. The Hall–Kier alpha value is -2.58. The van der Waals surface area contributed by atoms with E-state index in [1.807, 2.05) is 12.1 Å². The van der Waals surface area contributed by atoms with Gasteiger partial charge in [-0.15, -0.1) is 0 Å². The van der Waals surface area contributed by atoms with Crippen LogP contribution in [0.3, 0.4) is 0 Å². The minimum atomic E-state index is 0.0553. The summed E-state index contributed by atoms with van der Waals surface area (Å²) < 4.78 is 6.51. The summed E-state index contributed by atoms with van der Waals surface area (Å²) in [7, 11) is 0. The number of hydrogen-bond acceptors (Lipinski definition) is 2. The molecule has 3 rings (SSSR count). The van der Waals surface area contributed by atoms with Gasteiger partial charge in [0.05, 0.1) is 0 Å². The van der Waals surface area contributed by atoms with Crippen molar-refractivity contribution in [1.29, 1.82) is 0 Å². The Morgan fingerprint density at radius 1 is 0.731 bits per heavy atom. The lowest BCUT2D eigenvalue weighted by molar-refractivity contribution is 0.189. The van der Waals surface area contributed by atoms with Gasteiger partial charge in [-0.25, -0.2) is 0 Å². The largest absolute Gasteiger partial charge is 0.485 e. The highest BCUT2D eigenvalue weighted by atomic mass is 16.5. The first kappa shape index (κ1) is 18.2. The maximum atomic E-state index is 6.51. The molecule has 0 fully saturated rings. The Labute approximate surface area is 156 Å². The van der Waals surface area contributed by atoms with Crippen molar-refractivity contribution >= 4 is 0 Å². The van der Waals surface area contributed by atoms with Gasteiger partial charge in [-0.1, -0.05) is 78.9 Å². The summed E-state index contributed by atoms with van der Waals surface area (Å²) in [5, 5.41) is 0. The predicted molar refractivity (Wildman–Crippen MR) is 108 cm³/mol. The molecule has 2 nitrogen and oxygen atoms in total. The van der Waals surface area contributed by atoms with Gasteiger partial charge < -0.3 is 10.5 Å². The van der Waals surface area contributed by atoms with Gasteiger partial charge in [-0.05, 0) is 48.6 Å². The number of nitrogens with two attached hydrogens (primary N) is 1. The molecule has 2 heteroatoms. The van der Waals surface area contributed by atoms with Gasteiger partial charge in [-0.2, -0.15) is 0 Å². The van der Waals surface area contributed by atoms with Gasteiger partial charge >= 0.3 is 0 Å². The molecule has 3 aromatic rings. The van der Waals surface area contributed by atoms with E-state index in [0.717, 1.165) is 38.0 Å². The van der Waals surface area contributed by atoms with Crippen molar-refractivity contribution < 1.29 is 4.74 Å². The third-order valence-electron chi connectivity index (χ3n) is 4.57. The van der Waals surface area contributed by atoms with Crippen molar-refractivity contribution in [2.24, 2.45) is 5.73 Å². The van der Waals surface area contributed by atoms with Gasteiger partial charge in [0, 0.05) is 6.42 Å². The summed E-state index contributed by atoms with van der Waals surface area (Å²) in [4.78, 5) is 0. The minimum Gasteiger partial charge on any atom is -0.485 e. The summed E-state index contributed by atoms with van der Waals surface area (Å²) >= 11 is 0. The van der Waals surface area contributed by atoms with Crippen LogP contribution < -0.4 is 10.5 Å². The van der Waals surface area contributed by atoms with E-state index >= 15 is 0 Å². The molecular weight excluding hydrogens is 318 g/mol. The highest BCUT2D eigenvalue weighted by Gasteiger charge is 2.15. The molecule has 0 bridgehead atoms. The first-order valence-electron chi connectivity index (χ1n) is 9.40. The van der Waals surface area contributed by atoms with E-state index in [1.165, 1.54) is 16.7 Å². The minimum absolute atomic E-state index is 0.0553. The van der Waals surface area contributed by atoms with Crippen LogP contribution in [0.5, 0.6) is 5.75 Å². The van der Waals surface area contributed by atoms with Crippen LogP contribution in [-0.4, -0.2) is 6.54 Å². The van der Waals surface area contributed by atoms with E-state index in [0.29, 0.717) is 0 Å². The third kappa shape index (κ3) is 5.21. The molecule has 0 aliphatic rings. The highest BCUT2D eigenvalue weighted by molar-refractivity contribution is 5.38. The lowest BCUT2D eigenvalue weighted by atomic mass is 10.0. The van der Waals surface area contributed by atoms with Gasteiger partial charge in [0.1, 0.15) is 11.9 Å². The van der Waals surface area contributed by atoms with Crippen LogP contribution in [0.1, 0.15) is 42.1 Å². The first-order valence-corrected chi connectivity index (χ1v) is 9.40. The second-order valence-electron chi connectivity index (χ2n) is 6.57. The van der Waals surface area contributed by atoms with Crippen LogP contribution >= 0.6 is 0 Å². The number of hydrogen-bond donors (Lipinski definition) is 1. The molecule has 0 heterocycles. The monoisotopic (exact) mass is 345 g/mol. The van der Waals surface area contributed by atoms with Crippen LogP contribution in [0.25, 0.3) is 0 Å². The normalized spacial score (nSPS) is 11.9. The van der Waals surface area contributed by atoms with Crippen molar-refractivity contribution in [3.05, 3.63) is 102 Å². The molecule has 3 aromatic carbocycles. The zero-order chi connectivity index (χ0) is 18.0. The molecule has 0 radical (unpaired) electrons. The summed E-state index contributed by atoms with van der Waals surface area (Å²) in [5.74, 6) is 0.970. The molecule has 0 aliphatic heterocycles. The SMILES string of the molecule is NCCCCC(Oc1ccccc1Cc1ccccc1)c1ccccc1. The second kappa shape index (κ2) is 9.79. The van der Waals surface area contributed by atoms with Crippen molar-refractivity contribution in [3.8, 4) is 5.75 Å². The van der Waals surface area contributed by atoms with Crippen molar-refractivity contribution in [2.75, 3.05) is 6.54 Å². The van der Waals surface area contributed by atoms with E-state index < -0.39 is 0 Å². The lowest BCUT2D eigenvalue weighted by Gasteiger charge is -2.21. The van der Waals surface area contributed by atoms with Gasteiger partial charge in [0.2, 0.25) is 0 Å². The number of benzene rings is 3. The topological polar surface area (TPSA) is 35.2 Å². The average molecular weight is 345 g/mol. The molecule has 1 unspecified atom stereocenters. The van der Waals surface area contributed by atoms with Gasteiger partial charge in [0.25, 0.3) is 0 Å². The smallest absolute Gasteiger partial charge is 0.124 e. The lowest BCUT2D eigenvalue weighted by Crippen LogP contribution is -2.10. The quantitative estimate of drug-likeness (QED) is 0.518. The van der Waals surface area contributed by atoms with Crippen LogP contribution in [0, 0.1) is 0 Å². The fourth-order valence-electron chi connectivity index (χ4n) is 3.17. The Kier molecular flexibility index (Phi) is 6.86. The Balaban J connectivity index is 1.80. The molecule has 134 valence electrons. The third-order valence-corrected chi connectivity index (χ3v) is 4.57. The molecule has 1 atom stereocenters. The maximum Gasteiger partial charge on any atom is 0.124 e. The van der Waals surface area contributed by atoms with Crippen LogP contribution in [0.15, 0.2) is 84.9 Å². The second-order valence-corrected chi connectivity index (χ2v) is 6.57. The summed E-state index contributed by atoms with van der Waals surface area (Å²) in [6.45, 7) is 0.728. The van der Waals surface area contributed by atoms with Crippen LogP contribution in [0.4, 0.5) is 0 Å². The van der Waals surface area contributed by atoms with E-state index in [2.05, 4.69) is 72.8 Å². The van der Waals surface area contributed by atoms with E-state index in [9.17, 15) is 0 Å². The zero-order valence-electron chi connectivity index (χ0n) is 15.2. The van der Waals surface area contributed by atoms with Crippen molar-refractivity contribution in [2.45, 2.75) is 31.8 Å². The number of rotatable bonds is 9. The molecule has 0 saturated carbocycles. The van der Waals surface area contributed by atoms with Gasteiger partial charge in [-0.3, -0.25) is 0 Å².